The third-order valence-electron chi connectivity index (χ3n) is 3.91. The predicted molar refractivity (Wildman–Crippen MR) is 98.4 cm³/mol. The van der Waals surface area contributed by atoms with Gasteiger partial charge in [0.2, 0.25) is 0 Å². The van der Waals surface area contributed by atoms with E-state index in [1.54, 1.807) is 0 Å². The lowest BCUT2D eigenvalue weighted by Crippen LogP contribution is -2.16. The highest BCUT2D eigenvalue weighted by atomic mass is 79.9. The molecule has 0 saturated carbocycles. The lowest BCUT2D eigenvalue weighted by Gasteiger charge is -2.04. The molecule has 0 saturated heterocycles. The molecule has 2 nitrogen and oxygen atoms in total. The highest BCUT2D eigenvalue weighted by Gasteiger charge is 2.06. The first-order chi connectivity index (χ1) is 11.6. The van der Waals surface area contributed by atoms with Gasteiger partial charge in [0.05, 0.1) is 6.54 Å². The molecular weight excluding hydrogens is 369 g/mol. The SMILES string of the molecule is Cc1cc(-c2ccc(CNCCc3ccc(F)cc3)o2)ccc1Br. The second kappa shape index (κ2) is 7.77. The molecule has 0 aliphatic rings. The average Bonchev–Trinajstić information content (AvgIpc) is 3.05. The van der Waals surface area contributed by atoms with Gasteiger partial charge in [-0.1, -0.05) is 34.1 Å². The molecule has 0 amide bonds. The van der Waals surface area contributed by atoms with Crippen LogP contribution in [0.25, 0.3) is 11.3 Å². The molecule has 1 aromatic heterocycles. The molecule has 2 aromatic carbocycles. The van der Waals surface area contributed by atoms with Gasteiger partial charge in [0, 0.05) is 10.0 Å². The third kappa shape index (κ3) is 4.34. The Morgan fingerprint density at radius 3 is 2.58 bits per heavy atom. The topological polar surface area (TPSA) is 25.2 Å². The quantitative estimate of drug-likeness (QED) is 0.565. The lowest BCUT2D eigenvalue weighted by molar-refractivity contribution is 0.494. The number of nitrogens with one attached hydrogen (secondary N) is 1. The van der Waals surface area contributed by atoms with Crippen LogP contribution in [-0.2, 0) is 13.0 Å². The highest BCUT2D eigenvalue weighted by Crippen LogP contribution is 2.26. The first kappa shape index (κ1) is 16.9. The molecule has 24 heavy (non-hydrogen) atoms. The van der Waals surface area contributed by atoms with Crippen molar-refractivity contribution in [3.8, 4) is 11.3 Å². The summed E-state index contributed by atoms with van der Waals surface area (Å²) in [6.45, 7) is 3.56. The van der Waals surface area contributed by atoms with Crippen molar-refractivity contribution in [2.45, 2.75) is 19.9 Å². The Labute approximate surface area is 149 Å². The minimum atomic E-state index is -0.196. The van der Waals surface area contributed by atoms with Crippen LogP contribution in [0.5, 0.6) is 0 Å². The van der Waals surface area contributed by atoms with Crippen LogP contribution in [0.2, 0.25) is 0 Å². The van der Waals surface area contributed by atoms with E-state index in [1.165, 1.54) is 17.7 Å². The van der Waals surface area contributed by atoms with Gasteiger partial charge in [-0.15, -0.1) is 0 Å². The second-order valence-electron chi connectivity index (χ2n) is 5.78. The normalized spacial score (nSPS) is 11.0. The Balaban J connectivity index is 1.52. The van der Waals surface area contributed by atoms with Gasteiger partial charge in [-0.2, -0.15) is 0 Å². The van der Waals surface area contributed by atoms with Crippen molar-refractivity contribution in [3.63, 3.8) is 0 Å². The fraction of sp³-hybridized carbons (Fsp3) is 0.200. The van der Waals surface area contributed by atoms with Crippen LogP contribution < -0.4 is 5.32 Å². The summed E-state index contributed by atoms with van der Waals surface area (Å²) in [5.74, 6) is 1.59. The van der Waals surface area contributed by atoms with Crippen molar-refractivity contribution >= 4 is 15.9 Å². The van der Waals surface area contributed by atoms with Crippen molar-refractivity contribution in [1.82, 2.24) is 5.32 Å². The van der Waals surface area contributed by atoms with E-state index in [4.69, 9.17) is 4.42 Å². The van der Waals surface area contributed by atoms with Crippen molar-refractivity contribution in [2.24, 2.45) is 0 Å². The molecule has 0 aliphatic carbocycles. The highest BCUT2D eigenvalue weighted by molar-refractivity contribution is 9.10. The molecule has 0 bridgehead atoms. The third-order valence-corrected chi connectivity index (χ3v) is 4.80. The van der Waals surface area contributed by atoms with Crippen LogP contribution >= 0.6 is 15.9 Å². The minimum Gasteiger partial charge on any atom is -0.460 e. The first-order valence-corrected chi connectivity index (χ1v) is 8.71. The second-order valence-corrected chi connectivity index (χ2v) is 6.64. The molecule has 3 rings (SSSR count). The molecule has 0 unspecified atom stereocenters. The van der Waals surface area contributed by atoms with Crippen LogP contribution in [0.1, 0.15) is 16.9 Å². The van der Waals surface area contributed by atoms with E-state index in [1.807, 2.05) is 36.4 Å². The number of hydrogen-bond donors (Lipinski definition) is 1. The van der Waals surface area contributed by atoms with Crippen LogP contribution in [0.3, 0.4) is 0 Å². The zero-order valence-electron chi connectivity index (χ0n) is 13.5. The Hall–Kier alpha value is -1.91. The molecule has 0 aliphatic heterocycles. The molecule has 1 N–H and O–H groups in total. The van der Waals surface area contributed by atoms with Gasteiger partial charge >= 0.3 is 0 Å². The monoisotopic (exact) mass is 387 g/mol. The van der Waals surface area contributed by atoms with Crippen molar-refractivity contribution in [2.75, 3.05) is 6.54 Å². The minimum absolute atomic E-state index is 0.196. The number of halogens is 2. The molecular formula is C20H19BrFNO. The fourth-order valence-corrected chi connectivity index (χ4v) is 2.77. The van der Waals surface area contributed by atoms with E-state index in [0.29, 0.717) is 6.54 Å². The van der Waals surface area contributed by atoms with Crippen LogP contribution in [-0.4, -0.2) is 6.54 Å². The van der Waals surface area contributed by atoms with Gasteiger partial charge < -0.3 is 9.73 Å². The zero-order chi connectivity index (χ0) is 16.9. The lowest BCUT2D eigenvalue weighted by atomic mass is 10.1. The molecule has 0 spiro atoms. The summed E-state index contributed by atoms with van der Waals surface area (Å²) in [6.07, 6.45) is 0.861. The van der Waals surface area contributed by atoms with Gasteiger partial charge in [-0.25, -0.2) is 4.39 Å². The number of benzene rings is 2. The van der Waals surface area contributed by atoms with Gasteiger partial charge in [-0.05, 0) is 67.4 Å². The summed E-state index contributed by atoms with van der Waals surface area (Å²) >= 11 is 3.51. The first-order valence-electron chi connectivity index (χ1n) is 7.92. The standard InChI is InChI=1S/C20H19BrFNO/c1-14-12-16(4-8-19(14)21)20-9-7-18(24-20)13-23-11-10-15-2-5-17(22)6-3-15/h2-9,12,23H,10-11,13H2,1H3. The summed E-state index contributed by atoms with van der Waals surface area (Å²) in [5.41, 5.74) is 3.38. The van der Waals surface area contributed by atoms with E-state index in [2.05, 4.69) is 34.2 Å². The Kier molecular flexibility index (Phi) is 5.48. The number of furan rings is 1. The Bertz CT molecular complexity index is 811. The van der Waals surface area contributed by atoms with Crippen LogP contribution in [0.4, 0.5) is 4.39 Å². The van der Waals surface area contributed by atoms with Crippen molar-refractivity contribution < 1.29 is 8.81 Å². The van der Waals surface area contributed by atoms with Crippen molar-refractivity contribution in [3.05, 3.63) is 81.8 Å². The fourth-order valence-electron chi connectivity index (χ4n) is 2.52. The van der Waals surface area contributed by atoms with Crippen LogP contribution in [0, 0.1) is 12.7 Å². The number of rotatable bonds is 6. The van der Waals surface area contributed by atoms with E-state index in [-0.39, 0.29) is 5.82 Å². The largest absolute Gasteiger partial charge is 0.460 e. The van der Waals surface area contributed by atoms with Gasteiger partial charge in [-0.3, -0.25) is 0 Å². The summed E-state index contributed by atoms with van der Waals surface area (Å²) in [5, 5.41) is 3.36. The average molecular weight is 388 g/mol. The summed E-state index contributed by atoms with van der Waals surface area (Å²) in [7, 11) is 0. The molecule has 124 valence electrons. The molecule has 4 heteroatoms. The van der Waals surface area contributed by atoms with Gasteiger partial charge in [0.25, 0.3) is 0 Å². The summed E-state index contributed by atoms with van der Waals surface area (Å²) in [4.78, 5) is 0. The van der Waals surface area contributed by atoms with Crippen LogP contribution in [0.15, 0.2) is 63.5 Å². The zero-order valence-corrected chi connectivity index (χ0v) is 15.1. The molecule has 1 heterocycles. The van der Waals surface area contributed by atoms with Crippen molar-refractivity contribution in [1.29, 1.82) is 0 Å². The maximum atomic E-state index is 12.9. The predicted octanol–water partition coefficient (Wildman–Crippen LogP) is 5.49. The van der Waals surface area contributed by atoms with Gasteiger partial charge in [0.1, 0.15) is 17.3 Å². The number of hydrogen-bond acceptors (Lipinski definition) is 2. The maximum Gasteiger partial charge on any atom is 0.134 e. The molecule has 3 aromatic rings. The Morgan fingerprint density at radius 2 is 1.83 bits per heavy atom. The smallest absolute Gasteiger partial charge is 0.134 e. The van der Waals surface area contributed by atoms with Gasteiger partial charge in [0.15, 0.2) is 0 Å². The van der Waals surface area contributed by atoms with E-state index in [0.717, 1.165) is 40.1 Å². The molecule has 0 radical (unpaired) electrons. The molecule has 0 atom stereocenters. The molecule has 0 fully saturated rings. The van der Waals surface area contributed by atoms with E-state index in [9.17, 15) is 4.39 Å². The number of aryl methyl sites for hydroxylation is 1. The Morgan fingerprint density at radius 1 is 1.04 bits per heavy atom. The summed E-state index contributed by atoms with van der Waals surface area (Å²) in [6, 6.07) is 16.8. The van der Waals surface area contributed by atoms with E-state index < -0.39 is 0 Å². The van der Waals surface area contributed by atoms with E-state index >= 15 is 0 Å². The summed E-state index contributed by atoms with van der Waals surface area (Å²) < 4.78 is 19.9. The maximum absolute atomic E-state index is 12.9.